The average Bonchev–Trinajstić information content (AvgIpc) is 2.80. The minimum atomic E-state index is 0.877. The molecule has 3 rings (SSSR count). The molecule has 0 radical (unpaired) electrons. The van der Waals surface area contributed by atoms with E-state index in [2.05, 4.69) is 51.2 Å². The Morgan fingerprint density at radius 1 is 1.00 bits per heavy atom. The van der Waals surface area contributed by atoms with Crippen molar-refractivity contribution in [1.82, 2.24) is 4.98 Å². The summed E-state index contributed by atoms with van der Waals surface area (Å²) in [7, 11) is 1.68. The zero-order valence-corrected chi connectivity index (χ0v) is 11.5. The quantitative estimate of drug-likeness (QED) is 0.735. The summed E-state index contributed by atoms with van der Waals surface area (Å²) in [5, 5.41) is 1.20. The van der Waals surface area contributed by atoms with E-state index in [1.165, 1.54) is 16.5 Å². The Morgan fingerprint density at radius 3 is 2.44 bits per heavy atom. The lowest BCUT2D eigenvalue weighted by atomic mass is 10.0. The highest BCUT2D eigenvalue weighted by Crippen LogP contribution is 2.29. The third-order valence-electron chi connectivity index (χ3n) is 3.05. The van der Waals surface area contributed by atoms with E-state index in [1.54, 1.807) is 7.11 Å². The van der Waals surface area contributed by atoms with Crippen LogP contribution >= 0.6 is 15.9 Å². The normalized spacial score (nSPS) is 10.8. The molecule has 3 heteroatoms. The van der Waals surface area contributed by atoms with E-state index in [-0.39, 0.29) is 0 Å². The van der Waals surface area contributed by atoms with Crippen molar-refractivity contribution in [2.24, 2.45) is 0 Å². The molecule has 0 spiro atoms. The standard InChI is InChI=1S/C15H12BrNO/c1-18-12-5-2-10(3-6-12)11-4-7-13-14(16)9-17-15(13)8-11/h2-9,17H,1H3. The molecule has 0 aliphatic heterocycles. The number of halogens is 1. The predicted molar refractivity (Wildman–Crippen MR) is 78.0 cm³/mol. The second-order valence-electron chi connectivity index (χ2n) is 4.13. The molecule has 1 N–H and O–H groups in total. The first-order chi connectivity index (χ1) is 8.78. The highest BCUT2D eigenvalue weighted by Gasteiger charge is 2.03. The summed E-state index contributed by atoms with van der Waals surface area (Å²) in [6.07, 6.45) is 1.96. The molecule has 3 aromatic rings. The first-order valence-corrected chi connectivity index (χ1v) is 6.48. The van der Waals surface area contributed by atoms with Crippen LogP contribution in [0.15, 0.2) is 53.1 Å². The molecule has 1 heterocycles. The largest absolute Gasteiger partial charge is 0.497 e. The Balaban J connectivity index is 2.07. The number of fused-ring (bicyclic) bond motifs is 1. The first kappa shape index (κ1) is 11.4. The monoisotopic (exact) mass is 301 g/mol. The van der Waals surface area contributed by atoms with Gasteiger partial charge >= 0.3 is 0 Å². The van der Waals surface area contributed by atoms with Crippen LogP contribution in [0.1, 0.15) is 0 Å². The van der Waals surface area contributed by atoms with E-state index in [1.807, 2.05) is 18.3 Å². The summed E-state index contributed by atoms with van der Waals surface area (Å²) in [5.74, 6) is 0.877. The zero-order valence-electron chi connectivity index (χ0n) is 9.91. The minimum Gasteiger partial charge on any atom is -0.497 e. The summed E-state index contributed by atoms with van der Waals surface area (Å²) >= 11 is 3.52. The molecule has 0 unspecified atom stereocenters. The number of methoxy groups -OCH3 is 1. The van der Waals surface area contributed by atoms with Gasteiger partial charge in [-0.05, 0) is 45.3 Å². The molecular weight excluding hydrogens is 290 g/mol. The maximum Gasteiger partial charge on any atom is 0.118 e. The minimum absolute atomic E-state index is 0.877. The van der Waals surface area contributed by atoms with E-state index in [4.69, 9.17) is 4.74 Å². The summed E-state index contributed by atoms with van der Waals surface area (Å²) in [6.45, 7) is 0. The fourth-order valence-electron chi connectivity index (χ4n) is 2.05. The van der Waals surface area contributed by atoms with Crippen LogP contribution in [0.5, 0.6) is 5.75 Å². The lowest BCUT2D eigenvalue weighted by Gasteiger charge is -2.04. The number of benzene rings is 2. The molecule has 0 aliphatic carbocycles. The van der Waals surface area contributed by atoms with E-state index in [9.17, 15) is 0 Å². The molecule has 0 bridgehead atoms. The van der Waals surface area contributed by atoms with Crippen molar-refractivity contribution in [3.63, 3.8) is 0 Å². The van der Waals surface area contributed by atoms with Crippen LogP contribution in [-0.4, -0.2) is 12.1 Å². The van der Waals surface area contributed by atoms with Crippen molar-refractivity contribution >= 4 is 26.8 Å². The van der Waals surface area contributed by atoms with Crippen LogP contribution in [0, 0.1) is 0 Å². The van der Waals surface area contributed by atoms with Crippen LogP contribution in [0.25, 0.3) is 22.0 Å². The Bertz CT molecular complexity index is 685. The van der Waals surface area contributed by atoms with Gasteiger partial charge in [-0.2, -0.15) is 0 Å². The van der Waals surface area contributed by atoms with E-state index in [0.717, 1.165) is 15.7 Å². The summed E-state index contributed by atoms with van der Waals surface area (Å²) < 4.78 is 6.26. The second-order valence-corrected chi connectivity index (χ2v) is 4.98. The van der Waals surface area contributed by atoms with Crippen LogP contribution in [0.4, 0.5) is 0 Å². The van der Waals surface area contributed by atoms with Gasteiger partial charge in [-0.1, -0.05) is 24.3 Å². The number of nitrogens with one attached hydrogen (secondary N) is 1. The third kappa shape index (κ3) is 1.91. The Labute approximate surface area is 114 Å². The highest BCUT2D eigenvalue weighted by molar-refractivity contribution is 9.10. The van der Waals surface area contributed by atoms with E-state index < -0.39 is 0 Å². The average molecular weight is 302 g/mol. The SMILES string of the molecule is COc1ccc(-c2ccc3c(Br)c[nH]c3c2)cc1. The van der Waals surface area contributed by atoms with Gasteiger partial charge in [0.2, 0.25) is 0 Å². The van der Waals surface area contributed by atoms with Crippen molar-refractivity contribution in [2.45, 2.75) is 0 Å². The lowest BCUT2D eigenvalue weighted by molar-refractivity contribution is 0.415. The van der Waals surface area contributed by atoms with Gasteiger partial charge in [0.15, 0.2) is 0 Å². The zero-order chi connectivity index (χ0) is 12.5. The lowest BCUT2D eigenvalue weighted by Crippen LogP contribution is -1.82. The van der Waals surface area contributed by atoms with Gasteiger partial charge in [-0.25, -0.2) is 0 Å². The number of H-pyrrole nitrogens is 1. The van der Waals surface area contributed by atoms with Gasteiger partial charge in [-0.15, -0.1) is 0 Å². The summed E-state index contributed by atoms with van der Waals surface area (Å²) in [6, 6.07) is 14.5. The molecule has 90 valence electrons. The molecule has 0 fully saturated rings. The molecular formula is C15H12BrNO. The second kappa shape index (κ2) is 4.50. The van der Waals surface area contributed by atoms with Gasteiger partial charge in [0.05, 0.1) is 7.11 Å². The Kier molecular flexibility index (Phi) is 2.84. The number of aromatic amines is 1. The van der Waals surface area contributed by atoms with Gasteiger partial charge in [0.1, 0.15) is 5.75 Å². The fourth-order valence-corrected chi connectivity index (χ4v) is 2.51. The topological polar surface area (TPSA) is 25.0 Å². The van der Waals surface area contributed by atoms with Gasteiger partial charge in [0, 0.05) is 21.6 Å². The maximum atomic E-state index is 5.17. The molecule has 18 heavy (non-hydrogen) atoms. The van der Waals surface area contributed by atoms with Crippen LogP contribution in [0.2, 0.25) is 0 Å². The van der Waals surface area contributed by atoms with Crippen molar-refractivity contribution in [1.29, 1.82) is 0 Å². The molecule has 2 aromatic carbocycles. The van der Waals surface area contributed by atoms with Gasteiger partial charge < -0.3 is 9.72 Å². The number of hydrogen-bond acceptors (Lipinski definition) is 1. The van der Waals surface area contributed by atoms with Crippen molar-refractivity contribution in [3.8, 4) is 16.9 Å². The highest BCUT2D eigenvalue weighted by atomic mass is 79.9. The number of ether oxygens (including phenoxy) is 1. The van der Waals surface area contributed by atoms with Crippen molar-refractivity contribution < 1.29 is 4.74 Å². The maximum absolute atomic E-state index is 5.17. The third-order valence-corrected chi connectivity index (χ3v) is 3.71. The van der Waals surface area contributed by atoms with Gasteiger partial charge in [-0.3, -0.25) is 0 Å². The van der Waals surface area contributed by atoms with Crippen LogP contribution in [-0.2, 0) is 0 Å². The predicted octanol–water partition coefficient (Wildman–Crippen LogP) is 4.61. The molecule has 1 aromatic heterocycles. The summed E-state index contributed by atoms with van der Waals surface area (Å²) in [5.41, 5.74) is 3.51. The summed E-state index contributed by atoms with van der Waals surface area (Å²) in [4.78, 5) is 3.25. The van der Waals surface area contributed by atoms with Crippen molar-refractivity contribution in [2.75, 3.05) is 7.11 Å². The molecule has 0 saturated carbocycles. The smallest absolute Gasteiger partial charge is 0.118 e. The first-order valence-electron chi connectivity index (χ1n) is 5.69. The molecule has 0 aliphatic rings. The molecule has 0 amide bonds. The number of aromatic nitrogens is 1. The molecule has 0 saturated heterocycles. The van der Waals surface area contributed by atoms with Gasteiger partial charge in [0.25, 0.3) is 0 Å². The molecule has 0 atom stereocenters. The Hall–Kier alpha value is -1.74. The van der Waals surface area contributed by atoms with Crippen LogP contribution < -0.4 is 4.74 Å². The number of hydrogen-bond donors (Lipinski definition) is 1. The van der Waals surface area contributed by atoms with Crippen LogP contribution in [0.3, 0.4) is 0 Å². The Morgan fingerprint density at radius 2 is 1.72 bits per heavy atom. The van der Waals surface area contributed by atoms with E-state index >= 15 is 0 Å². The van der Waals surface area contributed by atoms with E-state index in [0.29, 0.717) is 0 Å². The fraction of sp³-hybridized carbons (Fsp3) is 0.0667. The number of rotatable bonds is 2. The molecule has 2 nitrogen and oxygen atoms in total. The van der Waals surface area contributed by atoms with Crippen molar-refractivity contribution in [3.05, 3.63) is 53.1 Å².